The number of allylic oxidation sites excluding steroid dienone is 1. The first kappa shape index (κ1) is 17.7. The highest BCUT2D eigenvalue weighted by molar-refractivity contribution is 4.98. The van der Waals surface area contributed by atoms with Gasteiger partial charge in [-0.2, -0.15) is 0 Å². The van der Waals surface area contributed by atoms with Gasteiger partial charge in [-0.1, -0.05) is 52.7 Å². The van der Waals surface area contributed by atoms with Gasteiger partial charge in [0.2, 0.25) is 0 Å². The van der Waals surface area contributed by atoms with Crippen LogP contribution in [0, 0.1) is 10.8 Å². The van der Waals surface area contributed by atoms with Crippen LogP contribution < -0.4 is 5.73 Å². The van der Waals surface area contributed by atoms with Crippen molar-refractivity contribution in [3.63, 3.8) is 0 Å². The normalized spacial score (nSPS) is 14.1. The van der Waals surface area contributed by atoms with Crippen LogP contribution in [0.3, 0.4) is 0 Å². The Morgan fingerprint density at radius 2 is 1.50 bits per heavy atom. The molecular formula is C17H35N. The fourth-order valence-electron chi connectivity index (χ4n) is 2.37. The Kier molecular flexibility index (Phi) is 7.86. The molecule has 0 aromatic heterocycles. The molecule has 18 heavy (non-hydrogen) atoms. The zero-order valence-electron chi connectivity index (χ0n) is 13.6. The summed E-state index contributed by atoms with van der Waals surface area (Å²) >= 11 is 0. The minimum atomic E-state index is 0.483. The summed E-state index contributed by atoms with van der Waals surface area (Å²) in [6, 6.07) is 0. The van der Waals surface area contributed by atoms with E-state index in [0.29, 0.717) is 17.4 Å². The summed E-state index contributed by atoms with van der Waals surface area (Å²) in [4.78, 5) is 0. The van der Waals surface area contributed by atoms with Crippen LogP contribution >= 0.6 is 0 Å². The van der Waals surface area contributed by atoms with Crippen LogP contribution in [0.4, 0.5) is 0 Å². The lowest BCUT2D eigenvalue weighted by Gasteiger charge is -2.27. The molecule has 0 aliphatic heterocycles. The molecule has 0 saturated carbocycles. The van der Waals surface area contributed by atoms with Crippen molar-refractivity contribution in [1.82, 2.24) is 0 Å². The Bertz CT molecular complexity index is 243. The van der Waals surface area contributed by atoms with Gasteiger partial charge in [0.05, 0.1) is 0 Å². The van der Waals surface area contributed by atoms with Gasteiger partial charge in [0.25, 0.3) is 0 Å². The summed E-state index contributed by atoms with van der Waals surface area (Å²) in [5.41, 5.74) is 7.94. The Morgan fingerprint density at radius 3 is 2.00 bits per heavy atom. The third-order valence-electron chi connectivity index (χ3n) is 3.67. The van der Waals surface area contributed by atoms with Crippen molar-refractivity contribution >= 4 is 0 Å². The van der Waals surface area contributed by atoms with Gasteiger partial charge in [0, 0.05) is 6.54 Å². The van der Waals surface area contributed by atoms with Gasteiger partial charge < -0.3 is 5.73 Å². The highest BCUT2D eigenvalue weighted by atomic mass is 14.5. The molecule has 0 rings (SSSR count). The molecular weight excluding hydrogens is 218 g/mol. The molecule has 0 spiro atoms. The molecule has 0 heterocycles. The van der Waals surface area contributed by atoms with E-state index in [1.54, 1.807) is 0 Å². The quantitative estimate of drug-likeness (QED) is 0.583. The second-order valence-electron chi connectivity index (χ2n) is 7.72. The molecule has 0 unspecified atom stereocenters. The van der Waals surface area contributed by atoms with Gasteiger partial charge in [-0.05, 0) is 49.9 Å². The van der Waals surface area contributed by atoms with E-state index in [4.69, 9.17) is 5.73 Å². The van der Waals surface area contributed by atoms with E-state index in [0.717, 1.165) is 0 Å². The van der Waals surface area contributed by atoms with Crippen LogP contribution in [0.25, 0.3) is 0 Å². The molecule has 1 nitrogen and oxygen atoms in total. The Balaban J connectivity index is 3.83. The largest absolute Gasteiger partial charge is 0.327 e. The van der Waals surface area contributed by atoms with Crippen LogP contribution in [-0.2, 0) is 0 Å². The average Bonchev–Trinajstić information content (AvgIpc) is 2.14. The third kappa shape index (κ3) is 10.8. The zero-order chi connectivity index (χ0) is 14.2. The first-order chi connectivity index (χ1) is 8.16. The van der Waals surface area contributed by atoms with Crippen molar-refractivity contribution in [3.05, 3.63) is 11.6 Å². The van der Waals surface area contributed by atoms with E-state index < -0.39 is 0 Å². The minimum absolute atomic E-state index is 0.483. The summed E-state index contributed by atoms with van der Waals surface area (Å²) < 4.78 is 0. The molecule has 0 bridgehead atoms. The molecule has 0 aromatic rings. The smallest absolute Gasteiger partial charge is 0.0109 e. The molecule has 0 aliphatic carbocycles. The second-order valence-corrected chi connectivity index (χ2v) is 7.72. The zero-order valence-corrected chi connectivity index (χ0v) is 13.6. The van der Waals surface area contributed by atoms with E-state index in [1.165, 1.54) is 44.1 Å². The molecule has 1 heteroatoms. The van der Waals surface area contributed by atoms with Gasteiger partial charge in [0.1, 0.15) is 0 Å². The van der Waals surface area contributed by atoms with E-state index in [1.807, 2.05) is 0 Å². The number of hydrogen-bond donors (Lipinski definition) is 1. The van der Waals surface area contributed by atoms with Crippen molar-refractivity contribution in [2.24, 2.45) is 16.6 Å². The number of rotatable bonds is 8. The molecule has 0 saturated heterocycles. The maximum atomic E-state index is 5.52. The van der Waals surface area contributed by atoms with Gasteiger partial charge in [-0.25, -0.2) is 0 Å². The lowest BCUT2D eigenvalue weighted by molar-refractivity contribution is 0.260. The van der Waals surface area contributed by atoms with E-state index in [-0.39, 0.29) is 0 Å². The maximum Gasteiger partial charge on any atom is 0.0109 e. The molecule has 108 valence electrons. The Labute approximate surface area is 115 Å². The van der Waals surface area contributed by atoms with Crippen LogP contribution in [0.2, 0.25) is 0 Å². The Hall–Kier alpha value is -0.300. The van der Waals surface area contributed by atoms with Gasteiger partial charge in [0.15, 0.2) is 0 Å². The topological polar surface area (TPSA) is 26.0 Å². The lowest BCUT2D eigenvalue weighted by Crippen LogP contribution is -2.13. The summed E-state index contributed by atoms with van der Waals surface area (Å²) in [6.07, 6.45) is 10.0. The monoisotopic (exact) mass is 253 g/mol. The van der Waals surface area contributed by atoms with E-state index >= 15 is 0 Å². The summed E-state index contributed by atoms with van der Waals surface area (Å²) in [6.45, 7) is 14.7. The molecule has 0 radical (unpaired) electrons. The highest BCUT2D eigenvalue weighted by Gasteiger charge is 2.18. The summed E-state index contributed by atoms with van der Waals surface area (Å²) in [7, 11) is 0. The number of hydrogen-bond acceptors (Lipinski definition) is 1. The van der Waals surface area contributed by atoms with Crippen LogP contribution in [0.1, 0.15) is 80.1 Å². The van der Waals surface area contributed by atoms with Crippen molar-refractivity contribution in [2.75, 3.05) is 6.54 Å². The van der Waals surface area contributed by atoms with Gasteiger partial charge >= 0.3 is 0 Å². The molecule has 0 amide bonds. The highest BCUT2D eigenvalue weighted by Crippen LogP contribution is 2.32. The van der Waals surface area contributed by atoms with E-state index in [9.17, 15) is 0 Å². The fraction of sp³-hybridized carbons (Fsp3) is 0.882. The van der Waals surface area contributed by atoms with Crippen molar-refractivity contribution in [2.45, 2.75) is 80.1 Å². The van der Waals surface area contributed by atoms with Crippen LogP contribution in [0.15, 0.2) is 11.6 Å². The minimum Gasteiger partial charge on any atom is -0.327 e. The first-order valence-electron chi connectivity index (χ1n) is 7.52. The second kappa shape index (κ2) is 7.99. The predicted octanol–water partition coefficient (Wildman–Crippen LogP) is 5.30. The molecule has 0 aromatic carbocycles. The van der Waals surface area contributed by atoms with Crippen molar-refractivity contribution < 1.29 is 0 Å². The third-order valence-corrected chi connectivity index (χ3v) is 3.67. The molecule has 2 N–H and O–H groups in total. The standard InChI is InChI=1S/C17H35N/c1-15(10-14-18)9-7-12-17(5,6)13-8-11-16(2,3)4/h10H,7-9,11-14,18H2,1-6H3. The lowest BCUT2D eigenvalue weighted by atomic mass is 9.79. The van der Waals surface area contributed by atoms with Crippen molar-refractivity contribution in [1.29, 1.82) is 0 Å². The van der Waals surface area contributed by atoms with Crippen molar-refractivity contribution in [3.8, 4) is 0 Å². The van der Waals surface area contributed by atoms with Gasteiger partial charge in [-0.3, -0.25) is 0 Å². The van der Waals surface area contributed by atoms with Crippen LogP contribution in [0.5, 0.6) is 0 Å². The fourth-order valence-corrected chi connectivity index (χ4v) is 2.37. The summed E-state index contributed by atoms with van der Waals surface area (Å²) in [5, 5.41) is 0. The summed E-state index contributed by atoms with van der Waals surface area (Å²) in [5.74, 6) is 0. The molecule has 0 aliphatic rings. The Morgan fingerprint density at radius 1 is 0.944 bits per heavy atom. The molecule has 0 atom stereocenters. The SMILES string of the molecule is CC(=CCN)CCCC(C)(C)CCCC(C)(C)C. The predicted molar refractivity (Wildman–Crippen MR) is 83.7 cm³/mol. The number of nitrogens with two attached hydrogens (primary N) is 1. The van der Waals surface area contributed by atoms with E-state index in [2.05, 4.69) is 47.6 Å². The molecule has 0 fully saturated rings. The van der Waals surface area contributed by atoms with Gasteiger partial charge in [-0.15, -0.1) is 0 Å². The first-order valence-corrected chi connectivity index (χ1v) is 7.52. The van der Waals surface area contributed by atoms with Crippen LogP contribution in [-0.4, -0.2) is 6.54 Å². The average molecular weight is 253 g/mol. The maximum absolute atomic E-state index is 5.52.